The molecule has 33 heavy (non-hydrogen) atoms. The summed E-state index contributed by atoms with van der Waals surface area (Å²) in [7, 11) is -0.902. The van der Waals surface area contributed by atoms with Crippen molar-refractivity contribution in [2.24, 2.45) is 0 Å². The molecule has 10 nitrogen and oxygen atoms in total. The van der Waals surface area contributed by atoms with Gasteiger partial charge in [-0.15, -0.1) is 0 Å². The number of amides is 1. The maximum Gasteiger partial charge on any atom is 0.240 e. The van der Waals surface area contributed by atoms with E-state index in [9.17, 15) is 13.2 Å². The molecule has 1 unspecified atom stereocenters. The highest BCUT2D eigenvalue weighted by molar-refractivity contribution is 7.89. The molecule has 182 valence electrons. The summed E-state index contributed by atoms with van der Waals surface area (Å²) in [5.41, 5.74) is 0. The number of methoxy groups -OCH3 is 2. The molecule has 1 aromatic carbocycles. The van der Waals surface area contributed by atoms with Gasteiger partial charge in [0, 0.05) is 38.7 Å². The number of morpholine rings is 1. The van der Waals surface area contributed by atoms with Crippen molar-refractivity contribution in [2.45, 2.75) is 24.3 Å². The van der Waals surface area contributed by atoms with Gasteiger partial charge in [0.2, 0.25) is 15.9 Å². The number of sulfonamides is 1. The number of rotatable bonds is 11. The zero-order valence-corrected chi connectivity index (χ0v) is 19.9. The van der Waals surface area contributed by atoms with Crippen LogP contribution >= 0.6 is 0 Å². The second kappa shape index (κ2) is 11.5. The molecule has 1 aromatic heterocycles. The monoisotopic (exact) mass is 481 g/mol. The van der Waals surface area contributed by atoms with Crippen molar-refractivity contribution < 1.29 is 31.8 Å². The van der Waals surface area contributed by atoms with Gasteiger partial charge in [-0.05, 0) is 31.2 Å². The number of benzene rings is 1. The molecule has 1 aliphatic heterocycles. The minimum atomic E-state index is -3.80. The number of hydrogen-bond donors (Lipinski definition) is 2. The van der Waals surface area contributed by atoms with Crippen LogP contribution in [0, 0.1) is 6.92 Å². The van der Waals surface area contributed by atoms with Crippen LogP contribution in [0.1, 0.15) is 24.0 Å². The largest absolute Gasteiger partial charge is 0.493 e. The van der Waals surface area contributed by atoms with E-state index in [1.807, 2.05) is 19.1 Å². The SMILES string of the molecule is COc1ccc(S(=O)(=O)NCCC(=O)NCC(c2ccc(C)o2)N2CCOCC2)cc1OC. The molecular formula is C22H31N3O7S. The number of nitrogens with zero attached hydrogens (tertiary/aromatic N) is 1. The van der Waals surface area contributed by atoms with Crippen LogP contribution in [-0.4, -0.2) is 72.8 Å². The van der Waals surface area contributed by atoms with Crippen LogP contribution in [0.15, 0.2) is 39.6 Å². The van der Waals surface area contributed by atoms with E-state index in [0.717, 1.165) is 24.6 Å². The Morgan fingerprint density at radius 1 is 1.12 bits per heavy atom. The highest BCUT2D eigenvalue weighted by atomic mass is 32.2. The van der Waals surface area contributed by atoms with E-state index >= 15 is 0 Å². The third-order valence-corrected chi connectivity index (χ3v) is 6.84. The molecule has 3 rings (SSSR count). The summed E-state index contributed by atoms with van der Waals surface area (Å²) < 4.78 is 49.1. The minimum Gasteiger partial charge on any atom is -0.493 e. The summed E-state index contributed by atoms with van der Waals surface area (Å²) in [6.07, 6.45) is -0.000463. The average Bonchev–Trinajstić information content (AvgIpc) is 3.25. The summed E-state index contributed by atoms with van der Waals surface area (Å²) >= 11 is 0. The first-order chi connectivity index (χ1) is 15.8. The number of hydrogen-bond acceptors (Lipinski definition) is 8. The van der Waals surface area contributed by atoms with Gasteiger partial charge in [0.25, 0.3) is 0 Å². The van der Waals surface area contributed by atoms with Crippen LogP contribution in [0.25, 0.3) is 0 Å². The van der Waals surface area contributed by atoms with Gasteiger partial charge in [0.15, 0.2) is 11.5 Å². The maximum atomic E-state index is 12.6. The van der Waals surface area contributed by atoms with Crippen LogP contribution in [0.3, 0.4) is 0 Å². The van der Waals surface area contributed by atoms with Crippen LogP contribution < -0.4 is 19.5 Å². The number of carbonyl (C=O) groups excluding carboxylic acids is 1. The molecule has 2 heterocycles. The molecule has 0 radical (unpaired) electrons. The summed E-state index contributed by atoms with van der Waals surface area (Å²) in [5, 5.41) is 2.89. The smallest absolute Gasteiger partial charge is 0.240 e. The topological polar surface area (TPSA) is 119 Å². The van der Waals surface area contributed by atoms with Crippen molar-refractivity contribution in [3.8, 4) is 11.5 Å². The Balaban J connectivity index is 1.53. The minimum absolute atomic E-state index is 0.000463. The molecule has 0 aliphatic carbocycles. The first-order valence-corrected chi connectivity index (χ1v) is 12.2. The Labute approximate surface area is 194 Å². The van der Waals surface area contributed by atoms with Gasteiger partial charge < -0.3 is 23.9 Å². The Bertz CT molecular complexity index is 1030. The van der Waals surface area contributed by atoms with E-state index in [4.69, 9.17) is 18.6 Å². The predicted molar refractivity (Wildman–Crippen MR) is 121 cm³/mol. The molecule has 1 aliphatic rings. The third-order valence-electron chi connectivity index (χ3n) is 5.38. The Kier molecular flexibility index (Phi) is 8.73. The molecule has 2 N–H and O–H groups in total. The lowest BCUT2D eigenvalue weighted by molar-refractivity contribution is -0.121. The Morgan fingerprint density at radius 3 is 2.48 bits per heavy atom. The van der Waals surface area contributed by atoms with Gasteiger partial charge in [-0.25, -0.2) is 13.1 Å². The summed E-state index contributed by atoms with van der Waals surface area (Å²) in [5.74, 6) is 2.06. The summed E-state index contributed by atoms with van der Waals surface area (Å²) in [6, 6.07) is 8.01. The van der Waals surface area contributed by atoms with Crippen molar-refractivity contribution in [2.75, 3.05) is 53.6 Å². The number of nitrogens with one attached hydrogen (secondary N) is 2. The van der Waals surface area contributed by atoms with Crippen molar-refractivity contribution in [1.82, 2.24) is 14.9 Å². The van der Waals surface area contributed by atoms with Crippen LogP contribution in [-0.2, 0) is 19.6 Å². The second-order valence-corrected chi connectivity index (χ2v) is 9.35. The number of ether oxygens (including phenoxy) is 3. The van der Waals surface area contributed by atoms with Crippen molar-refractivity contribution in [3.63, 3.8) is 0 Å². The van der Waals surface area contributed by atoms with Gasteiger partial charge in [0.05, 0.1) is 38.4 Å². The fourth-order valence-electron chi connectivity index (χ4n) is 3.60. The van der Waals surface area contributed by atoms with E-state index in [0.29, 0.717) is 31.3 Å². The van der Waals surface area contributed by atoms with E-state index in [-0.39, 0.29) is 29.8 Å². The molecular weight excluding hydrogens is 450 g/mol. The van der Waals surface area contributed by atoms with Crippen molar-refractivity contribution in [1.29, 1.82) is 0 Å². The zero-order valence-electron chi connectivity index (χ0n) is 19.1. The van der Waals surface area contributed by atoms with E-state index in [2.05, 4.69) is 14.9 Å². The third kappa shape index (κ3) is 6.70. The van der Waals surface area contributed by atoms with E-state index < -0.39 is 10.0 Å². The predicted octanol–water partition coefficient (Wildman–Crippen LogP) is 1.46. The zero-order chi connectivity index (χ0) is 23.8. The Hall–Kier alpha value is -2.60. The van der Waals surface area contributed by atoms with Gasteiger partial charge in [-0.3, -0.25) is 9.69 Å². The van der Waals surface area contributed by atoms with E-state index in [1.54, 1.807) is 0 Å². The fourth-order valence-corrected chi connectivity index (χ4v) is 4.64. The molecule has 1 saturated heterocycles. The highest BCUT2D eigenvalue weighted by Crippen LogP contribution is 2.29. The maximum absolute atomic E-state index is 12.6. The second-order valence-electron chi connectivity index (χ2n) is 7.58. The van der Waals surface area contributed by atoms with Crippen molar-refractivity contribution in [3.05, 3.63) is 41.9 Å². The van der Waals surface area contributed by atoms with Crippen LogP contribution in [0.2, 0.25) is 0 Å². The van der Waals surface area contributed by atoms with Gasteiger partial charge in [0.1, 0.15) is 11.5 Å². The number of carbonyl (C=O) groups is 1. The standard InChI is InChI=1S/C22H31N3O7S/c1-16-4-6-19(32-16)18(25-10-12-31-13-11-25)15-23-22(26)8-9-24-33(27,28)17-5-7-20(29-2)21(14-17)30-3/h4-7,14,18,24H,8-13,15H2,1-3H3,(H,23,26). The lowest BCUT2D eigenvalue weighted by Crippen LogP contribution is -2.44. The molecule has 1 amide bonds. The Morgan fingerprint density at radius 2 is 1.85 bits per heavy atom. The normalized spacial score (nSPS) is 15.7. The molecule has 1 fully saturated rings. The number of furan rings is 1. The molecule has 2 aromatic rings. The lowest BCUT2D eigenvalue weighted by Gasteiger charge is -2.33. The van der Waals surface area contributed by atoms with Gasteiger partial charge in [-0.1, -0.05) is 0 Å². The van der Waals surface area contributed by atoms with Crippen LogP contribution in [0.5, 0.6) is 11.5 Å². The van der Waals surface area contributed by atoms with Crippen molar-refractivity contribution >= 4 is 15.9 Å². The lowest BCUT2D eigenvalue weighted by atomic mass is 10.1. The fraction of sp³-hybridized carbons (Fsp3) is 0.500. The van der Waals surface area contributed by atoms with Crippen LogP contribution in [0.4, 0.5) is 0 Å². The quantitative estimate of drug-likeness (QED) is 0.495. The first-order valence-electron chi connectivity index (χ1n) is 10.7. The molecule has 11 heteroatoms. The van der Waals surface area contributed by atoms with Gasteiger partial charge in [-0.2, -0.15) is 0 Å². The molecule has 0 bridgehead atoms. The molecule has 1 atom stereocenters. The molecule has 0 spiro atoms. The average molecular weight is 482 g/mol. The first kappa shape index (κ1) is 25.0. The van der Waals surface area contributed by atoms with E-state index in [1.165, 1.54) is 32.4 Å². The highest BCUT2D eigenvalue weighted by Gasteiger charge is 2.26. The molecule has 0 saturated carbocycles. The van der Waals surface area contributed by atoms with Gasteiger partial charge >= 0.3 is 0 Å². The summed E-state index contributed by atoms with van der Waals surface area (Å²) in [4.78, 5) is 14.7. The summed E-state index contributed by atoms with van der Waals surface area (Å²) in [6.45, 7) is 4.93. The number of aryl methyl sites for hydroxylation is 1.